The van der Waals surface area contributed by atoms with E-state index in [4.69, 9.17) is 4.74 Å². The monoisotopic (exact) mass is 292 g/mol. The van der Waals surface area contributed by atoms with E-state index in [1.165, 1.54) is 12.8 Å². The number of hydrogen-bond donors (Lipinski definition) is 0. The lowest BCUT2D eigenvalue weighted by molar-refractivity contribution is -0.143. The maximum Gasteiger partial charge on any atom is 0.243 e. The van der Waals surface area contributed by atoms with Gasteiger partial charge in [0.05, 0.1) is 12.7 Å². The van der Waals surface area contributed by atoms with E-state index in [2.05, 4.69) is 13.0 Å². The van der Waals surface area contributed by atoms with Gasteiger partial charge in [0.2, 0.25) is 5.91 Å². The summed E-state index contributed by atoms with van der Waals surface area (Å²) in [6.07, 6.45) is 8.14. The number of nitriles is 1. The molecule has 0 heterocycles. The molecule has 0 N–H and O–H groups in total. The zero-order valence-electron chi connectivity index (χ0n) is 13.4. The van der Waals surface area contributed by atoms with E-state index < -0.39 is 5.41 Å². The summed E-state index contributed by atoms with van der Waals surface area (Å²) < 4.78 is 5.17. The Morgan fingerprint density at radius 2 is 1.95 bits per heavy atom. The minimum Gasteiger partial charge on any atom is -0.383 e. The molecule has 118 valence electrons. The molecule has 0 aliphatic heterocycles. The number of amides is 1. The van der Waals surface area contributed by atoms with Crippen LogP contribution in [0.25, 0.3) is 0 Å². The molecular formula is C17H28N2O2. The average Bonchev–Trinajstić information content (AvgIpc) is 3.33. The van der Waals surface area contributed by atoms with Crippen molar-refractivity contribution in [1.29, 1.82) is 5.26 Å². The quantitative estimate of drug-likeness (QED) is 0.707. The fraction of sp³-hybridized carbons (Fsp3) is 0.882. The van der Waals surface area contributed by atoms with Gasteiger partial charge in [0, 0.05) is 19.7 Å². The molecule has 0 bridgehead atoms. The van der Waals surface area contributed by atoms with E-state index in [0.29, 0.717) is 19.1 Å². The number of methoxy groups -OCH3 is 1. The number of ether oxygens (including phenoxy) is 1. The lowest BCUT2D eigenvalue weighted by atomic mass is 9.80. The Balaban J connectivity index is 2.15. The van der Waals surface area contributed by atoms with Gasteiger partial charge < -0.3 is 9.64 Å². The first kappa shape index (κ1) is 16.3. The van der Waals surface area contributed by atoms with Crippen molar-refractivity contribution in [3.8, 4) is 6.07 Å². The second-order valence-corrected chi connectivity index (χ2v) is 6.68. The summed E-state index contributed by atoms with van der Waals surface area (Å²) in [5, 5.41) is 9.72. The summed E-state index contributed by atoms with van der Waals surface area (Å²) in [5.74, 6) is 0.677. The zero-order valence-corrected chi connectivity index (χ0v) is 13.4. The second-order valence-electron chi connectivity index (χ2n) is 6.68. The normalized spacial score (nSPS) is 22.9. The summed E-state index contributed by atoms with van der Waals surface area (Å²) in [4.78, 5) is 15.1. The fourth-order valence-corrected chi connectivity index (χ4v) is 3.49. The molecule has 0 radical (unpaired) electrons. The minimum atomic E-state index is -0.784. The molecule has 0 aromatic heterocycles. The molecule has 0 aromatic carbocycles. The number of hydrogen-bond acceptors (Lipinski definition) is 3. The Hall–Kier alpha value is -1.08. The predicted octanol–water partition coefficient (Wildman–Crippen LogP) is 3.12. The molecule has 1 amide bonds. The molecule has 2 aliphatic carbocycles. The third-order valence-electron chi connectivity index (χ3n) is 5.17. The Morgan fingerprint density at radius 1 is 1.33 bits per heavy atom. The number of rotatable bonds is 6. The molecule has 2 saturated carbocycles. The van der Waals surface area contributed by atoms with Crippen LogP contribution in [0.4, 0.5) is 0 Å². The molecule has 2 fully saturated rings. The zero-order chi connectivity index (χ0) is 15.3. The summed E-state index contributed by atoms with van der Waals surface area (Å²) in [5.41, 5.74) is -0.784. The van der Waals surface area contributed by atoms with Gasteiger partial charge in [-0.3, -0.25) is 4.79 Å². The number of nitrogens with zero attached hydrogens (tertiary/aromatic N) is 2. The highest BCUT2D eigenvalue weighted by molar-refractivity contribution is 5.85. The first-order valence-electron chi connectivity index (χ1n) is 8.36. The van der Waals surface area contributed by atoms with Gasteiger partial charge in [0.1, 0.15) is 5.41 Å². The Bertz CT molecular complexity index is 390. The highest BCUT2D eigenvalue weighted by Crippen LogP contribution is 2.40. The first-order chi connectivity index (χ1) is 10.1. The van der Waals surface area contributed by atoms with Crippen molar-refractivity contribution in [2.45, 2.75) is 64.3 Å². The second kappa shape index (κ2) is 7.26. The lowest BCUT2D eigenvalue weighted by Crippen LogP contribution is -2.49. The van der Waals surface area contributed by atoms with Crippen LogP contribution in [-0.2, 0) is 9.53 Å². The van der Waals surface area contributed by atoms with Crippen LogP contribution in [0.2, 0.25) is 0 Å². The van der Waals surface area contributed by atoms with Crippen molar-refractivity contribution >= 4 is 5.91 Å². The van der Waals surface area contributed by atoms with Gasteiger partial charge in [-0.05, 0) is 38.5 Å². The maximum absolute atomic E-state index is 13.1. The third-order valence-corrected chi connectivity index (χ3v) is 5.17. The van der Waals surface area contributed by atoms with Crippen LogP contribution >= 0.6 is 0 Å². The molecule has 2 aliphatic rings. The van der Waals surface area contributed by atoms with E-state index in [9.17, 15) is 10.1 Å². The topological polar surface area (TPSA) is 53.3 Å². The van der Waals surface area contributed by atoms with Gasteiger partial charge >= 0.3 is 0 Å². The molecule has 2 rings (SSSR count). The smallest absolute Gasteiger partial charge is 0.243 e. The molecule has 0 spiro atoms. The summed E-state index contributed by atoms with van der Waals surface area (Å²) >= 11 is 0. The van der Waals surface area contributed by atoms with Crippen LogP contribution < -0.4 is 0 Å². The first-order valence-corrected chi connectivity index (χ1v) is 8.36. The number of carbonyl (C=O) groups excluding carboxylic acids is 1. The molecular weight excluding hydrogens is 264 g/mol. The Morgan fingerprint density at radius 3 is 2.43 bits per heavy atom. The van der Waals surface area contributed by atoms with Crippen LogP contribution in [0, 0.1) is 22.7 Å². The number of carbonyl (C=O) groups is 1. The van der Waals surface area contributed by atoms with E-state index in [-0.39, 0.29) is 11.9 Å². The Labute approximate surface area is 128 Å². The van der Waals surface area contributed by atoms with E-state index in [0.717, 1.165) is 38.5 Å². The summed E-state index contributed by atoms with van der Waals surface area (Å²) in [7, 11) is 1.66. The van der Waals surface area contributed by atoms with Gasteiger partial charge in [-0.2, -0.15) is 5.26 Å². The van der Waals surface area contributed by atoms with Gasteiger partial charge in [-0.1, -0.05) is 25.7 Å². The molecule has 1 atom stereocenters. The molecule has 21 heavy (non-hydrogen) atoms. The van der Waals surface area contributed by atoms with Crippen molar-refractivity contribution < 1.29 is 9.53 Å². The van der Waals surface area contributed by atoms with Gasteiger partial charge in [0.15, 0.2) is 0 Å². The van der Waals surface area contributed by atoms with Crippen LogP contribution in [0.15, 0.2) is 0 Å². The highest BCUT2D eigenvalue weighted by atomic mass is 16.5. The predicted molar refractivity (Wildman–Crippen MR) is 81.5 cm³/mol. The van der Waals surface area contributed by atoms with Crippen molar-refractivity contribution in [1.82, 2.24) is 4.90 Å². The van der Waals surface area contributed by atoms with E-state index in [1.54, 1.807) is 7.11 Å². The Kier molecular flexibility index (Phi) is 5.64. The van der Waals surface area contributed by atoms with E-state index in [1.807, 2.05) is 4.90 Å². The average molecular weight is 292 g/mol. The molecule has 4 heteroatoms. The summed E-state index contributed by atoms with van der Waals surface area (Å²) in [6.45, 7) is 3.29. The van der Waals surface area contributed by atoms with E-state index >= 15 is 0 Å². The third kappa shape index (κ3) is 3.77. The van der Waals surface area contributed by atoms with Gasteiger partial charge in [-0.15, -0.1) is 0 Å². The van der Waals surface area contributed by atoms with Crippen LogP contribution in [0.1, 0.15) is 58.3 Å². The molecule has 4 nitrogen and oxygen atoms in total. The van der Waals surface area contributed by atoms with Crippen molar-refractivity contribution in [2.24, 2.45) is 11.3 Å². The van der Waals surface area contributed by atoms with Gasteiger partial charge in [-0.25, -0.2) is 0 Å². The SMILES string of the molecule is COCCN(C(=O)C1(C#N)CCCCCC1)C(C)C1CC1. The largest absolute Gasteiger partial charge is 0.383 e. The van der Waals surface area contributed by atoms with Crippen molar-refractivity contribution in [2.75, 3.05) is 20.3 Å². The standard InChI is InChI=1S/C17H28N2O2/c1-14(15-7-8-15)19(11-12-21-2)16(20)17(13-18)9-5-3-4-6-10-17/h14-15H,3-12H2,1-2H3. The van der Waals surface area contributed by atoms with Gasteiger partial charge in [0.25, 0.3) is 0 Å². The van der Waals surface area contributed by atoms with Crippen LogP contribution in [0.5, 0.6) is 0 Å². The highest BCUT2D eigenvalue weighted by Gasteiger charge is 2.45. The lowest BCUT2D eigenvalue weighted by Gasteiger charge is -2.36. The van der Waals surface area contributed by atoms with Crippen molar-refractivity contribution in [3.05, 3.63) is 0 Å². The molecule has 0 aromatic rings. The molecule has 1 unspecified atom stereocenters. The fourth-order valence-electron chi connectivity index (χ4n) is 3.49. The minimum absolute atomic E-state index is 0.0587. The van der Waals surface area contributed by atoms with Crippen molar-refractivity contribution in [3.63, 3.8) is 0 Å². The van der Waals surface area contributed by atoms with Crippen LogP contribution in [-0.4, -0.2) is 37.1 Å². The maximum atomic E-state index is 13.1. The molecule has 0 saturated heterocycles. The van der Waals surface area contributed by atoms with Crippen LogP contribution in [0.3, 0.4) is 0 Å². The summed E-state index contributed by atoms with van der Waals surface area (Å²) in [6, 6.07) is 2.63.